The van der Waals surface area contributed by atoms with Crippen LogP contribution >= 0.6 is 0 Å². The van der Waals surface area contributed by atoms with Crippen LogP contribution in [0.15, 0.2) is 12.2 Å². The fourth-order valence-electron chi connectivity index (χ4n) is 2.11. The number of allylic oxidation sites excluding steroid dienone is 2. The zero-order valence-corrected chi connectivity index (χ0v) is 13.9. The van der Waals surface area contributed by atoms with Gasteiger partial charge in [0.05, 0.1) is 6.10 Å². The molecule has 0 amide bonds. The number of ketones is 1. The van der Waals surface area contributed by atoms with Crippen molar-refractivity contribution in [3.63, 3.8) is 0 Å². The first kappa shape index (κ1) is 19.0. The highest BCUT2D eigenvalue weighted by Crippen LogP contribution is 2.34. The predicted octanol–water partition coefficient (Wildman–Crippen LogP) is 3.41. The third-order valence-electron chi connectivity index (χ3n) is 3.58. The first-order chi connectivity index (χ1) is 8.90. The van der Waals surface area contributed by atoms with Crippen molar-refractivity contribution in [1.29, 1.82) is 0 Å². The number of hydrogen-bond acceptors (Lipinski definition) is 3. The molecular weight excluding hydrogens is 252 g/mol. The van der Waals surface area contributed by atoms with Crippen molar-refractivity contribution >= 4 is 12.1 Å². The molecule has 0 saturated carbocycles. The Bertz CT molecular complexity index is 355. The van der Waals surface area contributed by atoms with E-state index in [9.17, 15) is 14.7 Å². The zero-order valence-electron chi connectivity index (χ0n) is 13.9. The van der Waals surface area contributed by atoms with Gasteiger partial charge in [-0.3, -0.25) is 4.79 Å². The molecule has 0 bridgehead atoms. The van der Waals surface area contributed by atoms with Gasteiger partial charge >= 0.3 is 0 Å². The number of carbonyl (C=O) groups excluding carboxylic acids is 2. The van der Waals surface area contributed by atoms with Gasteiger partial charge in [0.2, 0.25) is 0 Å². The van der Waals surface area contributed by atoms with E-state index in [2.05, 4.69) is 0 Å². The summed E-state index contributed by atoms with van der Waals surface area (Å²) in [5, 5.41) is 10.4. The lowest BCUT2D eigenvalue weighted by molar-refractivity contribution is -0.125. The maximum absolute atomic E-state index is 12.1. The third-order valence-corrected chi connectivity index (χ3v) is 3.58. The van der Waals surface area contributed by atoms with Gasteiger partial charge in [-0.2, -0.15) is 0 Å². The van der Waals surface area contributed by atoms with Crippen LogP contribution in [0.5, 0.6) is 0 Å². The Morgan fingerprint density at radius 1 is 1.15 bits per heavy atom. The van der Waals surface area contributed by atoms with Crippen LogP contribution in [0.4, 0.5) is 0 Å². The summed E-state index contributed by atoms with van der Waals surface area (Å²) in [6, 6.07) is 0. The maximum atomic E-state index is 12.1. The Balaban J connectivity index is 4.98. The number of aldehydes is 1. The van der Waals surface area contributed by atoms with E-state index in [0.29, 0.717) is 0 Å². The summed E-state index contributed by atoms with van der Waals surface area (Å²) in [7, 11) is 0. The van der Waals surface area contributed by atoms with E-state index in [1.54, 1.807) is 13.0 Å². The fourth-order valence-corrected chi connectivity index (χ4v) is 2.11. The Kier molecular flexibility index (Phi) is 6.82. The average molecular weight is 282 g/mol. The van der Waals surface area contributed by atoms with Gasteiger partial charge in [-0.25, -0.2) is 0 Å². The summed E-state index contributed by atoms with van der Waals surface area (Å²) in [5.74, 6) is -0.813. The minimum absolute atomic E-state index is 0.0629. The highest BCUT2D eigenvalue weighted by atomic mass is 16.3. The molecule has 2 unspecified atom stereocenters. The van der Waals surface area contributed by atoms with Crippen molar-refractivity contribution < 1.29 is 14.7 Å². The second kappa shape index (κ2) is 7.16. The molecule has 0 spiro atoms. The monoisotopic (exact) mass is 282 g/mol. The average Bonchev–Trinajstić information content (AvgIpc) is 2.28. The first-order valence-electron chi connectivity index (χ1n) is 7.25. The van der Waals surface area contributed by atoms with E-state index < -0.39 is 12.0 Å². The SMILES string of the molecule is C[C@@H](C(=O)/C=C/C(C)(C)C)C(O)C(CC=O)C(C)(C)C. The van der Waals surface area contributed by atoms with Gasteiger partial charge in [0.1, 0.15) is 6.29 Å². The fraction of sp³-hybridized carbons (Fsp3) is 0.765. The molecule has 20 heavy (non-hydrogen) atoms. The molecule has 3 nitrogen and oxygen atoms in total. The first-order valence-corrected chi connectivity index (χ1v) is 7.25. The molecule has 0 saturated heterocycles. The summed E-state index contributed by atoms with van der Waals surface area (Å²) < 4.78 is 0. The van der Waals surface area contributed by atoms with Crippen molar-refractivity contribution in [2.75, 3.05) is 0 Å². The lowest BCUT2D eigenvalue weighted by Crippen LogP contribution is -2.39. The second-order valence-electron chi connectivity index (χ2n) is 7.76. The molecule has 3 atom stereocenters. The molecule has 116 valence electrons. The Morgan fingerprint density at radius 3 is 2.00 bits per heavy atom. The Hall–Kier alpha value is -0.960. The van der Waals surface area contributed by atoms with Crippen LogP contribution in [0.2, 0.25) is 0 Å². The molecule has 0 rings (SSSR count). The Morgan fingerprint density at radius 2 is 1.65 bits per heavy atom. The summed E-state index contributed by atoms with van der Waals surface area (Å²) in [4.78, 5) is 22.9. The van der Waals surface area contributed by atoms with Gasteiger partial charge in [0.25, 0.3) is 0 Å². The standard InChI is InChI=1S/C17H30O3/c1-12(14(19)8-10-16(2,3)4)15(20)13(9-11-18)17(5,6)7/h8,10-13,15,20H,9H2,1-7H3/b10-8+/t12-,13?,15?/m0/s1. The van der Waals surface area contributed by atoms with E-state index in [-0.39, 0.29) is 29.0 Å². The Labute approximate surface area is 123 Å². The van der Waals surface area contributed by atoms with Crippen molar-refractivity contribution in [2.24, 2.45) is 22.7 Å². The normalized spacial score (nSPS) is 17.8. The highest BCUT2D eigenvalue weighted by Gasteiger charge is 2.35. The van der Waals surface area contributed by atoms with Gasteiger partial charge in [0.15, 0.2) is 5.78 Å². The van der Waals surface area contributed by atoms with E-state index in [4.69, 9.17) is 0 Å². The summed E-state index contributed by atoms with van der Waals surface area (Å²) in [6.45, 7) is 13.7. The van der Waals surface area contributed by atoms with Crippen molar-refractivity contribution in [3.8, 4) is 0 Å². The molecule has 3 heteroatoms. The summed E-state index contributed by atoms with van der Waals surface area (Å²) in [6.07, 6.45) is 3.68. The van der Waals surface area contributed by atoms with Gasteiger partial charge in [-0.1, -0.05) is 54.5 Å². The molecule has 0 aliphatic carbocycles. The van der Waals surface area contributed by atoms with Crippen molar-refractivity contribution in [3.05, 3.63) is 12.2 Å². The number of hydrogen-bond donors (Lipinski definition) is 1. The second-order valence-corrected chi connectivity index (χ2v) is 7.76. The minimum Gasteiger partial charge on any atom is -0.392 e. The van der Waals surface area contributed by atoms with Crippen LogP contribution in [0.3, 0.4) is 0 Å². The number of aliphatic hydroxyl groups is 1. The number of aliphatic hydroxyl groups excluding tert-OH is 1. The largest absolute Gasteiger partial charge is 0.392 e. The third kappa shape index (κ3) is 6.47. The predicted molar refractivity (Wildman–Crippen MR) is 82.4 cm³/mol. The van der Waals surface area contributed by atoms with Gasteiger partial charge in [-0.15, -0.1) is 0 Å². The summed E-state index contributed by atoms with van der Waals surface area (Å²) >= 11 is 0. The van der Waals surface area contributed by atoms with E-state index in [0.717, 1.165) is 6.29 Å². The maximum Gasteiger partial charge on any atom is 0.160 e. The van der Waals surface area contributed by atoms with Crippen LogP contribution in [-0.4, -0.2) is 23.3 Å². The van der Waals surface area contributed by atoms with Crippen LogP contribution < -0.4 is 0 Å². The molecule has 1 N–H and O–H groups in total. The molecule has 0 radical (unpaired) electrons. The van der Waals surface area contributed by atoms with E-state index >= 15 is 0 Å². The molecule has 0 aromatic heterocycles. The van der Waals surface area contributed by atoms with Crippen molar-refractivity contribution in [2.45, 2.75) is 61.0 Å². The zero-order chi connectivity index (χ0) is 16.1. The molecule has 0 aliphatic heterocycles. The van der Waals surface area contributed by atoms with Crippen LogP contribution in [0.1, 0.15) is 54.9 Å². The summed E-state index contributed by atoms with van der Waals surface area (Å²) in [5.41, 5.74) is -0.283. The van der Waals surface area contributed by atoms with E-state index in [1.165, 1.54) is 0 Å². The van der Waals surface area contributed by atoms with Crippen LogP contribution in [0, 0.1) is 22.7 Å². The van der Waals surface area contributed by atoms with Crippen molar-refractivity contribution in [1.82, 2.24) is 0 Å². The highest BCUT2D eigenvalue weighted by molar-refractivity contribution is 5.92. The number of rotatable bonds is 6. The molecule has 0 fully saturated rings. The lowest BCUT2D eigenvalue weighted by atomic mass is 9.72. The molecule has 0 heterocycles. The van der Waals surface area contributed by atoms with E-state index in [1.807, 2.05) is 47.6 Å². The molecule has 0 aliphatic rings. The smallest absolute Gasteiger partial charge is 0.160 e. The quantitative estimate of drug-likeness (QED) is 0.600. The van der Waals surface area contributed by atoms with Crippen LogP contribution in [-0.2, 0) is 9.59 Å². The van der Waals surface area contributed by atoms with Gasteiger partial charge in [-0.05, 0) is 22.8 Å². The number of carbonyl (C=O) groups is 2. The molecule has 0 aromatic rings. The topological polar surface area (TPSA) is 54.4 Å². The molecular formula is C17H30O3. The molecule has 0 aromatic carbocycles. The van der Waals surface area contributed by atoms with Gasteiger partial charge < -0.3 is 9.90 Å². The van der Waals surface area contributed by atoms with Crippen LogP contribution in [0.25, 0.3) is 0 Å². The minimum atomic E-state index is -0.808. The lowest BCUT2D eigenvalue weighted by Gasteiger charge is -2.35. The van der Waals surface area contributed by atoms with Gasteiger partial charge in [0, 0.05) is 12.3 Å².